The molecule has 0 bridgehead atoms. The van der Waals surface area contributed by atoms with E-state index in [9.17, 15) is 19.7 Å². The highest BCUT2D eigenvalue weighted by atomic mass is 16.6. The van der Waals surface area contributed by atoms with Gasteiger partial charge in [0, 0.05) is 44.7 Å². The number of carbonyl (C=O) groups is 2. The van der Waals surface area contributed by atoms with Gasteiger partial charge in [-0.15, -0.1) is 0 Å². The SMILES string of the molecule is CCC(=O)N1CCN(c2ccccc2NC(=O)COc2ccc([N+](=O)[O-])cc2)CC1. The Morgan fingerprint density at radius 1 is 1.07 bits per heavy atom. The number of hydrogen-bond acceptors (Lipinski definition) is 6. The first-order chi connectivity index (χ1) is 14.5. The van der Waals surface area contributed by atoms with Crippen molar-refractivity contribution in [2.45, 2.75) is 13.3 Å². The zero-order valence-corrected chi connectivity index (χ0v) is 16.7. The second-order valence-electron chi connectivity index (χ2n) is 6.83. The Morgan fingerprint density at radius 3 is 2.37 bits per heavy atom. The number of nitro groups is 1. The number of piperazine rings is 1. The van der Waals surface area contributed by atoms with Crippen LogP contribution in [0.4, 0.5) is 17.1 Å². The lowest BCUT2D eigenvalue weighted by Gasteiger charge is -2.36. The van der Waals surface area contributed by atoms with E-state index in [1.54, 1.807) is 0 Å². The number of benzene rings is 2. The molecule has 3 rings (SSSR count). The largest absolute Gasteiger partial charge is 0.484 e. The minimum Gasteiger partial charge on any atom is -0.484 e. The van der Waals surface area contributed by atoms with Crippen LogP contribution in [-0.4, -0.2) is 54.4 Å². The molecule has 0 radical (unpaired) electrons. The maximum Gasteiger partial charge on any atom is 0.269 e. The van der Waals surface area contributed by atoms with Crippen LogP contribution in [0.3, 0.4) is 0 Å². The average Bonchev–Trinajstić information content (AvgIpc) is 2.78. The molecule has 1 aliphatic heterocycles. The molecule has 9 nitrogen and oxygen atoms in total. The topological polar surface area (TPSA) is 105 Å². The van der Waals surface area contributed by atoms with Crippen molar-refractivity contribution in [2.24, 2.45) is 0 Å². The van der Waals surface area contributed by atoms with Crippen LogP contribution in [0.15, 0.2) is 48.5 Å². The third-order valence-electron chi connectivity index (χ3n) is 4.87. The lowest BCUT2D eigenvalue weighted by molar-refractivity contribution is -0.384. The molecule has 2 aromatic rings. The number of rotatable bonds is 7. The Hall–Kier alpha value is -3.62. The van der Waals surface area contributed by atoms with Crippen LogP contribution in [0, 0.1) is 10.1 Å². The summed E-state index contributed by atoms with van der Waals surface area (Å²) in [6, 6.07) is 13.1. The first kappa shape index (κ1) is 21.1. The summed E-state index contributed by atoms with van der Waals surface area (Å²) in [5, 5.41) is 13.5. The highest BCUT2D eigenvalue weighted by Crippen LogP contribution is 2.27. The number of ether oxygens (including phenoxy) is 1. The molecule has 0 aromatic heterocycles. The van der Waals surface area contributed by atoms with Crippen molar-refractivity contribution in [1.29, 1.82) is 0 Å². The Kier molecular flexibility index (Phi) is 6.84. The lowest BCUT2D eigenvalue weighted by atomic mass is 10.2. The molecule has 1 fully saturated rings. The van der Waals surface area contributed by atoms with Crippen molar-refractivity contribution in [3.8, 4) is 5.75 Å². The van der Waals surface area contributed by atoms with Crippen molar-refractivity contribution in [1.82, 2.24) is 4.90 Å². The summed E-state index contributed by atoms with van der Waals surface area (Å²) in [5.74, 6) is 0.195. The molecule has 1 aliphatic rings. The second kappa shape index (κ2) is 9.73. The molecule has 9 heteroatoms. The van der Waals surface area contributed by atoms with E-state index >= 15 is 0 Å². The minimum absolute atomic E-state index is 0.0403. The van der Waals surface area contributed by atoms with Gasteiger partial charge in [0.05, 0.1) is 16.3 Å². The van der Waals surface area contributed by atoms with Crippen LogP contribution in [0.5, 0.6) is 5.75 Å². The number of nitro benzene ring substituents is 1. The van der Waals surface area contributed by atoms with Crippen LogP contribution in [-0.2, 0) is 9.59 Å². The minimum atomic E-state index is -0.495. The van der Waals surface area contributed by atoms with Gasteiger partial charge in [-0.2, -0.15) is 0 Å². The molecule has 2 amide bonds. The summed E-state index contributed by atoms with van der Waals surface area (Å²) in [6.07, 6.45) is 0.501. The number of nitrogens with zero attached hydrogens (tertiary/aromatic N) is 3. The van der Waals surface area contributed by atoms with Gasteiger partial charge in [-0.05, 0) is 24.3 Å². The Bertz CT molecular complexity index is 908. The Balaban J connectivity index is 1.57. The third-order valence-corrected chi connectivity index (χ3v) is 4.87. The normalized spacial score (nSPS) is 13.6. The van der Waals surface area contributed by atoms with Crippen molar-refractivity contribution in [2.75, 3.05) is 43.0 Å². The smallest absolute Gasteiger partial charge is 0.269 e. The van der Waals surface area contributed by atoms with Gasteiger partial charge in [-0.25, -0.2) is 0 Å². The molecule has 0 aliphatic carbocycles. The molecular formula is C21H24N4O5. The molecule has 1 heterocycles. The van der Waals surface area contributed by atoms with Crippen LogP contribution in [0.2, 0.25) is 0 Å². The van der Waals surface area contributed by atoms with E-state index in [0.29, 0.717) is 44.0 Å². The molecule has 0 unspecified atom stereocenters. The lowest BCUT2D eigenvalue weighted by Crippen LogP contribution is -2.48. The fraction of sp³-hybridized carbons (Fsp3) is 0.333. The summed E-state index contributed by atoms with van der Waals surface area (Å²) >= 11 is 0. The predicted octanol–water partition coefficient (Wildman–Crippen LogP) is 2.67. The van der Waals surface area contributed by atoms with Crippen molar-refractivity contribution >= 4 is 28.9 Å². The van der Waals surface area contributed by atoms with Crippen molar-refractivity contribution < 1.29 is 19.2 Å². The summed E-state index contributed by atoms with van der Waals surface area (Å²) in [5.41, 5.74) is 1.52. The number of non-ortho nitro benzene ring substituents is 1. The number of carbonyl (C=O) groups excluding carboxylic acids is 2. The van der Waals surface area contributed by atoms with E-state index in [-0.39, 0.29) is 24.1 Å². The molecule has 1 N–H and O–H groups in total. The van der Waals surface area contributed by atoms with Crippen LogP contribution < -0.4 is 15.0 Å². The third kappa shape index (κ3) is 5.25. The van der Waals surface area contributed by atoms with Gasteiger partial charge in [0.2, 0.25) is 5.91 Å². The van der Waals surface area contributed by atoms with E-state index in [2.05, 4.69) is 10.2 Å². The van der Waals surface area contributed by atoms with E-state index in [0.717, 1.165) is 5.69 Å². The molecule has 158 valence electrons. The summed E-state index contributed by atoms with van der Waals surface area (Å²) in [6.45, 7) is 4.33. The zero-order chi connectivity index (χ0) is 21.5. The molecular weight excluding hydrogens is 388 g/mol. The van der Waals surface area contributed by atoms with Gasteiger partial charge in [0.15, 0.2) is 6.61 Å². The number of amides is 2. The van der Waals surface area contributed by atoms with Gasteiger partial charge >= 0.3 is 0 Å². The summed E-state index contributed by atoms with van der Waals surface area (Å²) in [4.78, 5) is 38.4. The van der Waals surface area contributed by atoms with Crippen molar-refractivity contribution in [3.05, 3.63) is 58.6 Å². The fourth-order valence-electron chi connectivity index (χ4n) is 3.27. The second-order valence-corrected chi connectivity index (χ2v) is 6.83. The molecule has 30 heavy (non-hydrogen) atoms. The van der Waals surface area contributed by atoms with Gasteiger partial charge in [-0.3, -0.25) is 19.7 Å². The van der Waals surface area contributed by atoms with Gasteiger partial charge in [0.1, 0.15) is 5.75 Å². The number of nitrogens with one attached hydrogen (secondary N) is 1. The highest BCUT2D eigenvalue weighted by Gasteiger charge is 2.22. The fourth-order valence-corrected chi connectivity index (χ4v) is 3.27. The molecule has 0 saturated carbocycles. The maximum absolute atomic E-state index is 12.4. The zero-order valence-electron chi connectivity index (χ0n) is 16.7. The number of hydrogen-bond donors (Lipinski definition) is 1. The van der Waals surface area contributed by atoms with Gasteiger partial charge in [0.25, 0.3) is 11.6 Å². The maximum atomic E-state index is 12.4. The van der Waals surface area contributed by atoms with E-state index in [1.807, 2.05) is 36.1 Å². The van der Waals surface area contributed by atoms with E-state index in [4.69, 9.17) is 4.74 Å². The quantitative estimate of drug-likeness (QED) is 0.554. The standard InChI is InChI=1S/C21H24N4O5/c1-2-21(27)24-13-11-23(12-14-24)19-6-4-3-5-18(19)22-20(26)15-30-17-9-7-16(8-10-17)25(28)29/h3-10H,2,11-15H2,1H3,(H,22,26). The summed E-state index contributed by atoms with van der Waals surface area (Å²) in [7, 11) is 0. The number of anilines is 2. The van der Waals surface area contributed by atoms with Crippen LogP contribution in [0.1, 0.15) is 13.3 Å². The highest BCUT2D eigenvalue weighted by molar-refractivity contribution is 5.95. The predicted molar refractivity (Wildman–Crippen MR) is 113 cm³/mol. The first-order valence-corrected chi connectivity index (χ1v) is 9.76. The van der Waals surface area contributed by atoms with E-state index in [1.165, 1.54) is 24.3 Å². The average molecular weight is 412 g/mol. The van der Waals surface area contributed by atoms with Gasteiger partial charge < -0.3 is 19.9 Å². The molecule has 2 aromatic carbocycles. The number of para-hydroxylation sites is 2. The molecule has 0 atom stereocenters. The van der Waals surface area contributed by atoms with Crippen LogP contribution in [0.25, 0.3) is 0 Å². The van der Waals surface area contributed by atoms with Gasteiger partial charge in [-0.1, -0.05) is 19.1 Å². The first-order valence-electron chi connectivity index (χ1n) is 9.76. The summed E-state index contributed by atoms with van der Waals surface area (Å²) < 4.78 is 5.42. The Morgan fingerprint density at radius 2 is 1.73 bits per heavy atom. The van der Waals surface area contributed by atoms with Crippen molar-refractivity contribution in [3.63, 3.8) is 0 Å². The van der Waals surface area contributed by atoms with E-state index < -0.39 is 4.92 Å². The molecule has 0 spiro atoms. The van der Waals surface area contributed by atoms with Crippen LogP contribution >= 0.6 is 0 Å². The Labute approximate surface area is 174 Å². The molecule has 1 saturated heterocycles. The monoisotopic (exact) mass is 412 g/mol.